The molecule has 2 nitrogen and oxygen atoms in total. The van der Waals surface area contributed by atoms with Gasteiger partial charge in [0.05, 0.1) is 12.7 Å². The lowest BCUT2D eigenvalue weighted by molar-refractivity contribution is 0.0662. The van der Waals surface area contributed by atoms with Crippen molar-refractivity contribution in [2.45, 2.75) is 38.2 Å². The van der Waals surface area contributed by atoms with Gasteiger partial charge >= 0.3 is 0 Å². The first-order valence-corrected chi connectivity index (χ1v) is 7.04. The van der Waals surface area contributed by atoms with Crippen LogP contribution in [-0.2, 0) is 4.74 Å². The molecule has 1 aliphatic heterocycles. The number of Topliss-reactive ketones (excluding diaryl/α,β-unsaturated/α-hetero) is 1. The lowest BCUT2D eigenvalue weighted by Gasteiger charge is -2.26. The minimum atomic E-state index is 0.274. The van der Waals surface area contributed by atoms with Crippen LogP contribution >= 0.6 is 0 Å². The molecule has 1 unspecified atom stereocenters. The molecule has 0 bridgehead atoms. The Labute approximate surface area is 108 Å². The first-order valence-electron chi connectivity index (χ1n) is 7.04. The van der Waals surface area contributed by atoms with Crippen LogP contribution < -0.4 is 0 Å². The molecule has 3 rings (SSSR count). The van der Waals surface area contributed by atoms with Crippen LogP contribution in [0.1, 0.15) is 42.5 Å². The van der Waals surface area contributed by atoms with Crippen molar-refractivity contribution in [1.82, 2.24) is 0 Å². The van der Waals surface area contributed by atoms with E-state index in [0.717, 1.165) is 12.2 Å². The third kappa shape index (κ3) is 2.35. The summed E-state index contributed by atoms with van der Waals surface area (Å²) in [6.45, 7) is 0.786. The van der Waals surface area contributed by atoms with Crippen molar-refractivity contribution >= 4 is 5.78 Å². The third-order valence-electron chi connectivity index (χ3n) is 4.43. The number of benzene rings is 1. The second-order valence-electron chi connectivity index (χ2n) is 5.57. The van der Waals surface area contributed by atoms with Gasteiger partial charge < -0.3 is 4.74 Å². The predicted octanol–water partition coefficient (Wildman–Crippen LogP) is 3.46. The smallest absolute Gasteiger partial charge is 0.163 e. The average Bonchev–Trinajstić information content (AvgIpc) is 2.83. The Morgan fingerprint density at radius 3 is 2.78 bits per heavy atom. The molecular formula is C16H20O2. The molecule has 1 aliphatic carbocycles. The first-order chi connectivity index (χ1) is 8.84. The summed E-state index contributed by atoms with van der Waals surface area (Å²) >= 11 is 0. The molecule has 0 spiro atoms. The lowest BCUT2D eigenvalue weighted by atomic mass is 9.78. The van der Waals surface area contributed by atoms with Gasteiger partial charge in [-0.05, 0) is 24.7 Å². The molecule has 2 aliphatic rings. The van der Waals surface area contributed by atoms with Crippen molar-refractivity contribution in [3.8, 4) is 0 Å². The van der Waals surface area contributed by atoms with Crippen LogP contribution in [0.25, 0.3) is 0 Å². The van der Waals surface area contributed by atoms with Crippen molar-refractivity contribution in [3.05, 3.63) is 35.9 Å². The number of rotatable bonds is 3. The number of ketones is 1. The summed E-state index contributed by atoms with van der Waals surface area (Å²) in [5, 5.41) is 0. The molecule has 1 saturated heterocycles. The molecule has 2 fully saturated rings. The van der Waals surface area contributed by atoms with Gasteiger partial charge in [0.1, 0.15) is 0 Å². The Kier molecular flexibility index (Phi) is 3.46. The van der Waals surface area contributed by atoms with E-state index in [1.54, 1.807) is 0 Å². The lowest BCUT2D eigenvalue weighted by Crippen LogP contribution is -2.25. The standard InChI is InChI=1S/C16H20O2/c17-15(12-6-2-1-3-7-12)10-13-11-18-16-9-5-4-8-14(13)16/h1-3,6-7,13-14,16H,4-5,8-11H2/t13?,14-,16-/m1/s1. The van der Waals surface area contributed by atoms with Crippen LogP contribution in [0.5, 0.6) is 0 Å². The molecule has 2 heteroatoms. The Hall–Kier alpha value is -1.15. The van der Waals surface area contributed by atoms with Crippen LogP contribution in [0, 0.1) is 11.8 Å². The van der Waals surface area contributed by atoms with Crippen molar-refractivity contribution < 1.29 is 9.53 Å². The molecule has 96 valence electrons. The van der Waals surface area contributed by atoms with Gasteiger partial charge in [-0.15, -0.1) is 0 Å². The number of hydrogen-bond acceptors (Lipinski definition) is 2. The number of carbonyl (C=O) groups is 1. The fourth-order valence-corrected chi connectivity index (χ4v) is 3.43. The Balaban J connectivity index is 1.65. The molecular weight excluding hydrogens is 224 g/mol. The molecule has 0 aromatic heterocycles. The zero-order valence-electron chi connectivity index (χ0n) is 10.7. The van der Waals surface area contributed by atoms with E-state index in [4.69, 9.17) is 4.74 Å². The number of hydrogen-bond donors (Lipinski definition) is 0. The minimum absolute atomic E-state index is 0.274. The maximum absolute atomic E-state index is 12.2. The quantitative estimate of drug-likeness (QED) is 0.761. The van der Waals surface area contributed by atoms with Gasteiger partial charge in [0.2, 0.25) is 0 Å². The Morgan fingerprint density at radius 1 is 1.17 bits per heavy atom. The van der Waals surface area contributed by atoms with Gasteiger partial charge in [0.15, 0.2) is 5.78 Å². The van der Waals surface area contributed by atoms with E-state index in [-0.39, 0.29) is 5.78 Å². The van der Waals surface area contributed by atoms with Crippen LogP contribution in [0.2, 0.25) is 0 Å². The van der Waals surface area contributed by atoms with Gasteiger partial charge in [0.25, 0.3) is 0 Å². The summed E-state index contributed by atoms with van der Waals surface area (Å²) in [5.74, 6) is 1.35. The van der Waals surface area contributed by atoms with Crippen molar-refractivity contribution in [1.29, 1.82) is 0 Å². The first kappa shape index (κ1) is 11.9. The molecule has 0 radical (unpaired) electrons. The third-order valence-corrected chi connectivity index (χ3v) is 4.43. The van der Waals surface area contributed by atoms with E-state index in [1.165, 1.54) is 25.7 Å². The molecule has 1 aromatic carbocycles. The van der Waals surface area contributed by atoms with Gasteiger partial charge in [0, 0.05) is 12.0 Å². The summed E-state index contributed by atoms with van der Waals surface area (Å²) in [6, 6.07) is 9.64. The number of ether oxygens (including phenoxy) is 1. The highest BCUT2D eigenvalue weighted by Crippen LogP contribution is 2.39. The summed E-state index contributed by atoms with van der Waals surface area (Å²) in [4.78, 5) is 12.2. The molecule has 1 heterocycles. The van der Waals surface area contributed by atoms with Gasteiger partial charge in [-0.2, -0.15) is 0 Å². The van der Waals surface area contributed by atoms with Gasteiger partial charge in [-0.3, -0.25) is 4.79 Å². The minimum Gasteiger partial charge on any atom is -0.378 e. The van der Waals surface area contributed by atoms with Crippen LogP contribution in [0.15, 0.2) is 30.3 Å². The zero-order chi connectivity index (χ0) is 12.4. The maximum atomic E-state index is 12.2. The zero-order valence-corrected chi connectivity index (χ0v) is 10.7. The van der Waals surface area contributed by atoms with Crippen molar-refractivity contribution in [2.75, 3.05) is 6.61 Å². The molecule has 18 heavy (non-hydrogen) atoms. The highest BCUT2D eigenvalue weighted by Gasteiger charge is 2.39. The van der Waals surface area contributed by atoms with Crippen LogP contribution in [-0.4, -0.2) is 18.5 Å². The molecule has 0 amide bonds. The fourth-order valence-electron chi connectivity index (χ4n) is 3.43. The Morgan fingerprint density at radius 2 is 1.94 bits per heavy atom. The monoisotopic (exact) mass is 244 g/mol. The second-order valence-corrected chi connectivity index (χ2v) is 5.57. The van der Waals surface area contributed by atoms with Crippen LogP contribution in [0.3, 0.4) is 0 Å². The van der Waals surface area contributed by atoms with E-state index in [2.05, 4.69) is 0 Å². The summed E-state index contributed by atoms with van der Waals surface area (Å²) < 4.78 is 5.85. The number of fused-ring (bicyclic) bond motifs is 1. The Bertz CT molecular complexity index is 412. The summed E-state index contributed by atoms with van der Waals surface area (Å²) in [6.07, 6.45) is 6.14. The predicted molar refractivity (Wildman–Crippen MR) is 70.6 cm³/mol. The normalized spacial score (nSPS) is 31.0. The number of carbonyl (C=O) groups excluding carboxylic acids is 1. The van der Waals surface area contributed by atoms with Gasteiger partial charge in [-0.1, -0.05) is 43.2 Å². The molecule has 0 N–H and O–H groups in total. The molecule has 3 atom stereocenters. The largest absolute Gasteiger partial charge is 0.378 e. The highest BCUT2D eigenvalue weighted by atomic mass is 16.5. The highest BCUT2D eigenvalue weighted by molar-refractivity contribution is 5.96. The summed E-state index contributed by atoms with van der Waals surface area (Å²) in [5.41, 5.74) is 0.844. The average molecular weight is 244 g/mol. The van der Waals surface area contributed by atoms with Crippen LogP contribution in [0.4, 0.5) is 0 Å². The fraction of sp³-hybridized carbons (Fsp3) is 0.562. The van der Waals surface area contributed by atoms with E-state index in [0.29, 0.717) is 24.4 Å². The van der Waals surface area contributed by atoms with E-state index < -0.39 is 0 Å². The topological polar surface area (TPSA) is 26.3 Å². The molecule has 1 aromatic rings. The maximum Gasteiger partial charge on any atom is 0.163 e. The molecule has 1 saturated carbocycles. The SMILES string of the molecule is O=C(CC1CO[C@@H]2CCCC[C@H]12)c1ccccc1. The van der Waals surface area contributed by atoms with Crippen molar-refractivity contribution in [2.24, 2.45) is 11.8 Å². The second kappa shape index (κ2) is 5.23. The van der Waals surface area contributed by atoms with Crippen molar-refractivity contribution in [3.63, 3.8) is 0 Å². The van der Waals surface area contributed by atoms with E-state index >= 15 is 0 Å². The van der Waals surface area contributed by atoms with E-state index in [9.17, 15) is 4.79 Å². The van der Waals surface area contributed by atoms with E-state index in [1.807, 2.05) is 30.3 Å². The summed E-state index contributed by atoms with van der Waals surface area (Å²) in [7, 11) is 0. The van der Waals surface area contributed by atoms with Gasteiger partial charge in [-0.25, -0.2) is 0 Å².